The highest BCUT2D eigenvalue weighted by molar-refractivity contribution is 8.00. The number of carbonyl (C=O) groups excluding carboxylic acids is 2. The van der Waals surface area contributed by atoms with E-state index < -0.39 is 5.91 Å². The fraction of sp³-hybridized carbons (Fsp3) is 0.0714. The first kappa shape index (κ1) is 13.4. The van der Waals surface area contributed by atoms with Crippen LogP contribution in [0.25, 0.3) is 0 Å². The van der Waals surface area contributed by atoms with Gasteiger partial charge in [0.1, 0.15) is 5.69 Å². The van der Waals surface area contributed by atoms with Crippen molar-refractivity contribution in [3.05, 3.63) is 52.4 Å². The molecule has 1 aromatic heterocycles. The van der Waals surface area contributed by atoms with Crippen LogP contribution in [0.2, 0.25) is 0 Å². The lowest BCUT2D eigenvalue weighted by Crippen LogP contribution is -2.20. The number of anilines is 2. The van der Waals surface area contributed by atoms with Crippen LogP contribution in [0.5, 0.6) is 0 Å². The normalized spacial score (nSPS) is 13.2. The Labute approximate surface area is 124 Å². The van der Waals surface area contributed by atoms with Crippen LogP contribution in [0.1, 0.15) is 10.5 Å². The lowest BCUT2D eigenvalue weighted by molar-refractivity contribution is -0.113. The van der Waals surface area contributed by atoms with E-state index in [-0.39, 0.29) is 17.2 Å². The van der Waals surface area contributed by atoms with Crippen LogP contribution in [0.15, 0.2) is 46.1 Å². The molecule has 0 bridgehead atoms. The van der Waals surface area contributed by atoms with Crippen molar-refractivity contribution in [3.8, 4) is 0 Å². The first-order valence-electron chi connectivity index (χ1n) is 6.19. The Morgan fingerprint density at radius 1 is 1.19 bits per heavy atom. The molecule has 3 N–H and O–H groups in total. The molecule has 0 aliphatic carbocycles. The van der Waals surface area contributed by atoms with Gasteiger partial charge in [-0.3, -0.25) is 14.4 Å². The van der Waals surface area contributed by atoms with E-state index in [0.29, 0.717) is 17.1 Å². The quantitative estimate of drug-likeness (QED) is 0.787. The van der Waals surface area contributed by atoms with Crippen LogP contribution in [-0.4, -0.2) is 22.6 Å². The molecule has 0 saturated carbocycles. The van der Waals surface area contributed by atoms with E-state index in [4.69, 9.17) is 0 Å². The lowest BCUT2D eigenvalue weighted by Gasteiger charge is -2.17. The number of thioether (sulfide) groups is 1. The van der Waals surface area contributed by atoms with E-state index in [1.54, 1.807) is 12.1 Å². The molecule has 2 aromatic rings. The molecule has 7 heteroatoms. The number of rotatable bonds is 2. The summed E-state index contributed by atoms with van der Waals surface area (Å²) in [7, 11) is 0. The van der Waals surface area contributed by atoms with E-state index in [1.807, 2.05) is 6.07 Å². The third kappa shape index (κ3) is 2.97. The summed E-state index contributed by atoms with van der Waals surface area (Å²) in [6.07, 6.45) is 0. The summed E-state index contributed by atoms with van der Waals surface area (Å²) >= 11 is 1.45. The van der Waals surface area contributed by atoms with Crippen LogP contribution in [0.3, 0.4) is 0 Å². The Bertz CT molecular complexity index is 785. The van der Waals surface area contributed by atoms with Gasteiger partial charge in [0.15, 0.2) is 0 Å². The minimum absolute atomic E-state index is 0.0663. The molecule has 6 nitrogen and oxygen atoms in total. The SMILES string of the molecule is O=C1CSc2ccc(NC(=O)c3cccc(=O)[nH]3)cc2N1. The third-order valence-electron chi connectivity index (χ3n) is 2.88. The second-order valence-corrected chi connectivity index (χ2v) is 5.45. The fourth-order valence-electron chi connectivity index (χ4n) is 1.94. The van der Waals surface area contributed by atoms with Gasteiger partial charge in [-0.25, -0.2) is 0 Å². The second kappa shape index (κ2) is 5.45. The zero-order chi connectivity index (χ0) is 14.8. The first-order chi connectivity index (χ1) is 10.1. The van der Waals surface area contributed by atoms with Crippen LogP contribution in [0.4, 0.5) is 11.4 Å². The summed E-state index contributed by atoms with van der Waals surface area (Å²) in [5, 5.41) is 5.43. The van der Waals surface area contributed by atoms with Gasteiger partial charge in [0.05, 0.1) is 11.4 Å². The summed E-state index contributed by atoms with van der Waals surface area (Å²) in [5.41, 5.74) is 1.07. The van der Waals surface area contributed by atoms with Gasteiger partial charge in [-0.2, -0.15) is 0 Å². The predicted molar refractivity (Wildman–Crippen MR) is 80.8 cm³/mol. The second-order valence-electron chi connectivity index (χ2n) is 4.43. The highest BCUT2D eigenvalue weighted by Gasteiger charge is 2.16. The summed E-state index contributed by atoms with van der Waals surface area (Å²) in [6, 6.07) is 9.65. The Kier molecular flexibility index (Phi) is 3.49. The van der Waals surface area contributed by atoms with Crippen molar-refractivity contribution in [3.63, 3.8) is 0 Å². The van der Waals surface area contributed by atoms with Gasteiger partial charge < -0.3 is 15.6 Å². The smallest absolute Gasteiger partial charge is 0.272 e. The van der Waals surface area contributed by atoms with E-state index >= 15 is 0 Å². The number of pyridine rings is 1. The molecular formula is C14H11N3O3S. The van der Waals surface area contributed by atoms with Gasteiger partial charge in [0.2, 0.25) is 11.5 Å². The highest BCUT2D eigenvalue weighted by atomic mass is 32.2. The van der Waals surface area contributed by atoms with Crippen molar-refractivity contribution in [1.82, 2.24) is 4.98 Å². The van der Waals surface area contributed by atoms with Gasteiger partial charge >= 0.3 is 0 Å². The first-order valence-corrected chi connectivity index (χ1v) is 7.18. The Morgan fingerprint density at radius 2 is 2.05 bits per heavy atom. The number of carbonyl (C=O) groups is 2. The monoisotopic (exact) mass is 301 g/mol. The molecule has 1 aromatic carbocycles. The number of amides is 2. The topological polar surface area (TPSA) is 91.1 Å². The van der Waals surface area contributed by atoms with E-state index in [0.717, 1.165) is 4.90 Å². The number of aromatic amines is 1. The average molecular weight is 301 g/mol. The molecule has 0 fully saturated rings. The molecule has 2 heterocycles. The number of H-pyrrole nitrogens is 1. The Hall–Kier alpha value is -2.54. The molecule has 0 radical (unpaired) electrons. The van der Waals surface area contributed by atoms with Crippen molar-refractivity contribution >= 4 is 35.0 Å². The fourth-order valence-corrected chi connectivity index (χ4v) is 2.73. The summed E-state index contributed by atoms with van der Waals surface area (Å²) < 4.78 is 0. The van der Waals surface area contributed by atoms with Crippen molar-refractivity contribution < 1.29 is 9.59 Å². The van der Waals surface area contributed by atoms with Crippen molar-refractivity contribution in [2.75, 3.05) is 16.4 Å². The van der Waals surface area contributed by atoms with Gasteiger partial charge in [-0.05, 0) is 24.3 Å². The number of hydrogen-bond acceptors (Lipinski definition) is 4. The van der Waals surface area contributed by atoms with Gasteiger partial charge in [0.25, 0.3) is 5.91 Å². The number of aromatic nitrogens is 1. The third-order valence-corrected chi connectivity index (χ3v) is 3.96. The molecular weight excluding hydrogens is 290 g/mol. The van der Waals surface area contributed by atoms with Gasteiger partial charge in [0, 0.05) is 16.6 Å². The Morgan fingerprint density at radius 3 is 2.86 bits per heavy atom. The number of nitrogens with one attached hydrogen (secondary N) is 3. The predicted octanol–water partition coefficient (Wildman–Crippen LogP) is 1.67. The van der Waals surface area contributed by atoms with Crippen molar-refractivity contribution in [2.24, 2.45) is 0 Å². The number of benzene rings is 1. The maximum absolute atomic E-state index is 12.0. The number of fused-ring (bicyclic) bond motifs is 1. The minimum atomic E-state index is -0.414. The zero-order valence-corrected chi connectivity index (χ0v) is 11.6. The summed E-state index contributed by atoms with van der Waals surface area (Å²) in [6.45, 7) is 0. The van der Waals surface area contributed by atoms with E-state index in [2.05, 4.69) is 15.6 Å². The standard InChI is InChI=1S/C14H11N3O3S/c18-12-3-1-2-9(16-12)14(20)15-8-4-5-11-10(6-8)17-13(19)7-21-11/h1-6H,7H2,(H,15,20)(H,16,18)(H,17,19). The maximum Gasteiger partial charge on any atom is 0.272 e. The molecule has 3 rings (SSSR count). The zero-order valence-electron chi connectivity index (χ0n) is 10.8. The molecule has 1 aliphatic rings. The van der Waals surface area contributed by atoms with E-state index in [1.165, 1.54) is 30.0 Å². The molecule has 0 atom stereocenters. The molecule has 0 saturated heterocycles. The number of hydrogen-bond donors (Lipinski definition) is 3. The lowest BCUT2D eigenvalue weighted by atomic mass is 10.2. The molecule has 0 unspecified atom stereocenters. The summed E-state index contributed by atoms with van der Waals surface area (Å²) in [4.78, 5) is 38.0. The largest absolute Gasteiger partial charge is 0.324 e. The van der Waals surface area contributed by atoms with E-state index in [9.17, 15) is 14.4 Å². The van der Waals surface area contributed by atoms with Crippen LogP contribution < -0.4 is 16.2 Å². The van der Waals surface area contributed by atoms with Crippen LogP contribution >= 0.6 is 11.8 Å². The van der Waals surface area contributed by atoms with Crippen molar-refractivity contribution in [1.29, 1.82) is 0 Å². The maximum atomic E-state index is 12.0. The van der Waals surface area contributed by atoms with Crippen molar-refractivity contribution in [2.45, 2.75) is 4.90 Å². The molecule has 106 valence electrons. The molecule has 1 aliphatic heterocycles. The van der Waals surface area contributed by atoms with Gasteiger partial charge in [-0.1, -0.05) is 6.07 Å². The Balaban J connectivity index is 1.82. The highest BCUT2D eigenvalue weighted by Crippen LogP contribution is 2.33. The van der Waals surface area contributed by atoms with Crippen LogP contribution in [0, 0.1) is 0 Å². The summed E-state index contributed by atoms with van der Waals surface area (Å²) in [5.74, 6) is -0.0879. The van der Waals surface area contributed by atoms with Gasteiger partial charge in [-0.15, -0.1) is 11.8 Å². The molecule has 0 spiro atoms. The minimum Gasteiger partial charge on any atom is -0.324 e. The molecule has 2 amide bonds. The molecule has 21 heavy (non-hydrogen) atoms. The average Bonchev–Trinajstić information content (AvgIpc) is 2.46. The van der Waals surface area contributed by atoms with Crippen LogP contribution in [-0.2, 0) is 4.79 Å².